The first kappa shape index (κ1) is 12.9. The largest absolute Gasteiger partial charge is 0.350 e. The fourth-order valence-corrected chi connectivity index (χ4v) is 2.90. The predicted molar refractivity (Wildman–Crippen MR) is 81.6 cm³/mol. The van der Waals surface area contributed by atoms with Gasteiger partial charge in [-0.15, -0.1) is 0 Å². The normalized spacial score (nSPS) is 12.8. The number of hydrogen-bond acceptors (Lipinski definition) is 0. The number of aryl methyl sites for hydroxylation is 2. The maximum atomic E-state index is 13.1. The molecule has 1 atom stereocenters. The van der Waals surface area contributed by atoms with E-state index in [2.05, 4.69) is 49.9 Å². The molecule has 0 aliphatic heterocycles. The molecule has 0 aliphatic carbocycles. The highest BCUT2D eigenvalue weighted by Gasteiger charge is 2.14. The van der Waals surface area contributed by atoms with Gasteiger partial charge >= 0.3 is 0 Å². The van der Waals surface area contributed by atoms with Crippen molar-refractivity contribution in [1.29, 1.82) is 0 Å². The zero-order valence-corrected chi connectivity index (χ0v) is 12.0. The van der Waals surface area contributed by atoms with Crippen LogP contribution >= 0.6 is 0 Å². The van der Waals surface area contributed by atoms with Crippen LogP contribution in [0.3, 0.4) is 0 Å². The Morgan fingerprint density at radius 3 is 2.45 bits per heavy atom. The third-order valence-electron chi connectivity index (χ3n) is 3.98. The van der Waals surface area contributed by atoms with Crippen LogP contribution in [0.5, 0.6) is 0 Å². The van der Waals surface area contributed by atoms with Gasteiger partial charge in [-0.2, -0.15) is 0 Å². The van der Waals surface area contributed by atoms with Crippen LogP contribution in [-0.2, 0) is 7.05 Å². The number of benzene rings is 2. The van der Waals surface area contributed by atoms with Crippen molar-refractivity contribution >= 4 is 10.9 Å². The van der Waals surface area contributed by atoms with Crippen molar-refractivity contribution < 1.29 is 4.39 Å². The smallest absolute Gasteiger partial charge is 0.123 e. The van der Waals surface area contributed by atoms with Crippen LogP contribution < -0.4 is 0 Å². The Kier molecular flexibility index (Phi) is 3.09. The summed E-state index contributed by atoms with van der Waals surface area (Å²) in [6, 6.07) is 13.4. The van der Waals surface area contributed by atoms with Crippen LogP contribution in [0, 0.1) is 12.7 Å². The summed E-state index contributed by atoms with van der Waals surface area (Å²) >= 11 is 0. The Bertz CT molecular complexity index is 753. The van der Waals surface area contributed by atoms with Gasteiger partial charge in [-0.1, -0.05) is 30.7 Å². The molecule has 0 fully saturated rings. The van der Waals surface area contributed by atoms with Gasteiger partial charge in [0.1, 0.15) is 5.82 Å². The van der Waals surface area contributed by atoms with E-state index in [0.29, 0.717) is 0 Å². The van der Waals surface area contributed by atoms with Crippen molar-refractivity contribution in [3.63, 3.8) is 0 Å². The number of rotatable bonds is 2. The molecule has 1 unspecified atom stereocenters. The van der Waals surface area contributed by atoms with E-state index in [-0.39, 0.29) is 11.7 Å². The van der Waals surface area contributed by atoms with E-state index < -0.39 is 0 Å². The van der Waals surface area contributed by atoms with E-state index in [0.717, 1.165) is 5.56 Å². The van der Waals surface area contributed by atoms with E-state index in [1.807, 2.05) is 12.1 Å². The van der Waals surface area contributed by atoms with Crippen LogP contribution in [0.15, 0.2) is 48.7 Å². The average molecular weight is 267 g/mol. The van der Waals surface area contributed by atoms with Gasteiger partial charge in [-0.3, -0.25) is 0 Å². The lowest BCUT2D eigenvalue weighted by molar-refractivity contribution is 0.626. The molecule has 20 heavy (non-hydrogen) atoms. The third kappa shape index (κ3) is 2.11. The second-order valence-corrected chi connectivity index (χ2v) is 5.49. The van der Waals surface area contributed by atoms with Crippen molar-refractivity contribution in [3.8, 4) is 0 Å². The number of halogens is 1. The van der Waals surface area contributed by atoms with Crippen molar-refractivity contribution in [1.82, 2.24) is 4.57 Å². The topological polar surface area (TPSA) is 4.93 Å². The lowest BCUT2D eigenvalue weighted by Crippen LogP contribution is -2.00. The molecule has 0 aliphatic rings. The summed E-state index contributed by atoms with van der Waals surface area (Å²) in [6.45, 7) is 4.29. The fourth-order valence-electron chi connectivity index (χ4n) is 2.90. The van der Waals surface area contributed by atoms with Gasteiger partial charge in [0.05, 0.1) is 5.52 Å². The minimum Gasteiger partial charge on any atom is -0.350 e. The van der Waals surface area contributed by atoms with Crippen molar-refractivity contribution in [3.05, 3.63) is 71.2 Å². The molecule has 2 heteroatoms. The molecular weight excluding hydrogens is 249 g/mol. The van der Waals surface area contributed by atoms with Gasteiger partial charge in [0.2, 0.25) is 0 Å². The summed E-state index contributed by atoms with van der Waals surface area (Å²) in [5, 5.41) is 1.26. The summed E-state index contributed by atoms with van der Waals surface area (Å²) in [5.74, 6) is 0.0563. The van der Waals surface area contributed by atoms with Crippen molar-refractivity contribution in [2.45, 2.75) is 19.8 Å². The predicted octanol–water partition coefficient (Wildman–Crippen LogP) is 4.78. The van der Waals surface area contributed by atoms with Gasteiger partial charge in [0.15, 0.2) is 0 Å². The second kappa shape index (κ2) is 4.78. The summed E-state index contributed by atoms with van der Waals surface area (Å²) in [4.78, 5) is 0. The van der Waals surface area contributed by atoms with E-state index in [9.17, 15) is 4.39 Å². The number of fused-ring (bicyclic) bond motifs is 1. The number of aromatic nitrogens is 1. The first-order chi connectivity index (χ1) is 9.56. The van der Waals surface area contributed by atoms with Crippen LogP contribution in [0.1, 0.15) is 29.5 Å². The first-order valence-corrected chi connectivity index (χ1v) is 6.87. The molecular formula is C18H18FN. The number of nitrogens with zero attached hydrogens (tertiary/aromatic N) is 1. The van der Waals surface area contributed by atoms with E-state index in [4.69, 9.17) is 0 Å². The Balaban J connectivity index is 2.17. The Labute approximate surface area is 118 Å². The molecule has 0 amide bonds. The van der Waals surface area contributed by atoms with Crippen molar-refractivity contribution in [2.75, 3.05) is 0 Å². The lowest BCUT2D eigenvalue weighted by atomic mass is 9.90. The monoisotopic (exact) mass is 267 g/mol. The summed E-state index contributed by atoms with van der Waals surface area (Å²) in [7, 11) is 2.07. The summed E-state index contributed by atoms with van der Waals surface area (Å²) in [5.41, 5.74) is 4.94. The Morgan fingerprint density at radius 2 is 1.75 bits per heavy atom. The van der Waals surface area contributed by atoms with Crippen LogP contribution in [-0.4, -0.2) is 4.57 Å². The van der Waals surface area contributed by atoms with E-state index >= 15 is 0 Å². The molecule has 1 nitrogen and oxygen atoms in total. The molecule has 3 aromatic rings. The van der Waals surface area contributed by atoms with E-state index in [1.54, 1.807) is 0 Å². The SMILES string of the molecule is Cc1cc(C(C)c2ccc(F)cc2)c2c(ccn2C)c1. The molecule has 1 aromatic heterocycles. The lowest BCUT2D eigenvalue weighted by Gasteiger charge is -2.16. The maximum absolute atomic E-state index is 13.1. The molecule has 102 valence electrons. The maximum Gasteiger partial charge on any atom is 0.123 e. The molecule has 0 bridgehead atoms. The highest BCUT2D eigenvalue weighted by atomic mass is 19.1. The molecule has 0 saturated heterocycles. The highest BCUT2D eigenvalue weighted by molar-refractivity contribution is 5.85. The molecule has 3 rings (SSSR count). The first-order valence-electron chi connectivity index (χ1n) is 6.87. The van der Waals surface area contributed by atoms with Gasteiger partial charge in [-0.05, 0) is 42.3 Å². The van der Waals surface area contributed by atoms with Crippen LogP contribution in [0.2, 0.25) is 0 Å². The highest BCUT2D eigenvalue weighted by Crippen LogP contribution is 2.32. The van der Waals surface area contributed by atoms with Crippen molar-refractivity contribution in [2.24, 2.45) is 7.05 Å². The zero-order chi connectivity index (χ0) is 14.3. The molecule has 1 heterocycles. The van der Waals surface area contributed by atoms with Crippen LogP contribution in [0.4, 0.5) is 4.39 Å². The third-order valence-corrected chi connectivity index (χ3v) is 3.98. The molecule has 0 radical (unpaired) electrons. The molecule has 2 aromatic carbocycles. The Hall–Kier alpha value is -2.09. The average Bonchev–Trinajstić information content (AvgIpc) is 2.79. The summed E-state index contributed by atoms with van der Waals surface area (Å²) in [6.07, 6.45) is 2.09. The minimum absolute atomic E-state index is 0.186. The van der Waals surface area contributed by atoms with Gasteiger partial charge in [-0.25, -0.2) is 4.39 Å². The minimum atomic E-state index is -0.186. The molecule has 0 spiro atoms. The number of hydrogen-bond donors (Lipinski definition) is 0. The van der Waals surface area contributed by atoms with Gasteiger partial charge in [0, 0.05) is 24.5 Å². The standard InChI is InChI=1S/C18H18FN/c1-12-10-15-8-9-20(3)18(15)17(11-12)13(2)14-4-6-16(19)7-5-14/h4-11,13H,1-3H3. The summed E-state index contributed by atoms with van der Waals surface area (Å²) < 4.78 is 15.2. The van der Waals surface area contributed by atoms with Gasteiger partial charge in [0.25, 0.3) is 0 Å². The fraction of sp³-hybridized carbons (Fsp3) is 0.222. The Morgan fingerprint density at radius 1 is 1.05 bits per heavy atom. The molecule has 0 N–H and O–H groups in total. The van der Waals surface area contributed by atoms with Crippen LogP contribution in [0.25, 0.3) is 10.9 Å². The zero-order valence-electron chi connectivity index (χ0n) is 12.0. The van der Waals surface area contributed by atoms with E-state index in [1.165, 1.54) is 34.2 Å². The molecule has 0 saturated carbocycles. The second-order valence-electron chi connectivity index (χ2n) is 5.49. The van der Waals surface area contributed by atoms with Gasteiger partial charge < -0.3 is 4.57 Å². The quantitative estimate of drug-likeness (QED) is 0.630.